The first-order valence-electron chi connectivity index (χ1n) is 13.9. The second-order valence-corrected chi connectivity index (χ2v) is 11.2. The molecule has 4 rings (SSSR count). The van der Waals surface area contributed by atoms with Crippen LogP contribution in [0.3, 0.4) is 0 Å². The molecule has 2 amide bonds. The lowest BCUT2D eigenvalue weighted by Crippen LogP contribution is -2.32. The van der Waals surface area contributed by atoms with E-state index in [2.05, 4.69) is 46.5 Å². The van der Waals surface area contributed by atoms with E-state index in [0.29, 0.717) is 21.7 Å². The molecule has 0 bridgehead atoms. The molecule has 0 unspecified atom stereocenters. The summed E-state index contributed by atoms with van der Waals surface area (Å²) in [4.78, 5) is 32.4. The number of nitrogens with zero attached hydrogens (tertiary/aromatic N) is 3. The van der Waals surface area contributed by atoms with E-state index in [1.165, 1.54) is 29.7 Å². The number of halogens is 1. The number of benzene rings is 2. The third-order valence-electron chi connectivity index (χ3n) is 7.21. The molecule has 0 aliphatic heterocycles. The van der Waals surface area contributed by atoms with Crippen molar-refractivity contribution < 1.29 is 14.0 Å². The highest BCUT2D eigenvalue weighted by atomic mass is 32.1. The fraction of sp³-hybridized carbons (Fsp3) is 0.387. The van der Waals surface area contributed by atoms with Crippen LogP contribution < -0.4 is 10.7 Å². The largest absolute Gasteiger partial charge is 0.313 e. The highest BCUT2D eigenvalue weighted by molar-refractivity contribution is 7.17. The molecule has 1 aliphatic rings. The maximum atomic E-state index is 13.3. The Hall–Kier alpha value is -3.40. The van der Waals surface area contributed by atoms with Crippen molar-refractivity contribution in [1.82, 2.24) is 15.2 Å². The van der Waals surface area contributed by atoms with Crippen molar-refractivity contribution in [2.45, 2.75) is 46.1 Å². The van der Waals surface area contributed by atoms with Gasteiger partial charge in [0.25, 0.3) is 11.8 Å². The number of nitrogens with one attached hydrogen (secondary N) is 2. The van der Waals surface area contributed by atoms with Crippen molar-refractivity contribution in [3.63, 3.8) is 0 Å². The van der Waals surface area contributed by atoms with Crippen molar-refractivity contribution in [2.75, 3.05) is 38.5 Å². The molecular weight excluding hydrogens is 525 g/mol. The van der Waals surface area contributed by atoms with E-state index in [1.54, 1.807) is 18.2 Å². The molecule has 0 atom stereocenters. The van der Waals surface area contributed by atoms with Crippen molar-refractivity contribution in [3.8, 4) is 0 Å². The summed E-state index contributed by atoms with van der Waals surface area (Å²) in [7, 11) is 2.09. The molecule has 3 aromatic rings. The van der Waals surface area contributed by atoms with Gasteiger partial charge in [-0.05, 0) is 86.8 Å². The minimum absolute atomic E-state index is 0.241. The van der Waals surface area contributed by atoms with Gasteiger partial charge in [-0.3, -0.25) is 9.59 Å². The van der Waals surface area contributed by atoms with Crippen LogP contribution in [-0.4, -0.2) is 61.1 Å². The number of aryl methyl sites for hydroxylation is 1. The van der Waals surface area contributed by atoms with Crippen LogP contribution in [0.15, 0.2) is 53.6 Å². The molecule has 0 fully saturated rings. The van der Waals surface area contributed by atoms with Gasteiger partial charge in [0.1, 0.15) is 10.8 Å². The standard InChI is InChI=1S/C31H38FN5O2S/c1-4-37(5-2)18-17-36(3)21-23-9-8-10-24(19-23)29(38)34-31-28(26-11-6-7-12-27(26)40-31)30(39)35-33-20-22-13-15-25(32)16-14-22/h8-10,13-16,19-20H,4-7,11-12,17-18,21H2,1-3H3,(H,34,38)(H,35,39)/b33-20+. The Labute approximate surface area is 240 Å². The van der Waals surface area contributed by atoms with Crippen LogP contribution in [-0.2, 0) is 19.4 Å². The van der Waals surface area contributed by atoms with Gasteiger partial charge in [0.2, 0.25) is 0 Å². The third kappa shape index (κ3) is 7.84. The van der Waals surface area contributed by atoms with E-state index in [4.69, 9.17) is 0 Å². The zero-order valence-corrected chi connectivity index (χ0v) is 24.3. The molecular formula is C31H38FN5O2S. The van der Waals surface area contributed by atoms with Gasteiger partial charge < -0.3 is 15.1 Å². The lowest BCUT2D eigenvalue weighted by atomic mass is 9.95. The second-order valence-electron chi connectivity index (χ2n) is 10.1. The molecule has 1 heterocycles. The highest BCUT2D eigenvalue weighted by Crippen LogP contribution is 2.38. The minimum atomic E-state index is -0.364. The normalized spacial score (nSPS) is 13.2. The SMILES string of the molecule is CCN(CC)CCN(C)Cc1cccc(C(=O)Nc2sc3c(c2C(=O)N/N=C/c2ccc(F)cc2)CCCC3)c1. The van der Waals surface area contributed by atoms with Crippen LogP contribution >= 0.6 is 11.3 Å². The topological polar surface area (TPSA) is 77.0 Å². The van der Waals surface area contributed by atoms with Crippen LogP contribution in [0.2, 0.25) is 0 Å². The molecule has 1 aliphatic carbocycles. The van der Waals surface area contributed by atoms with Gasteiger partial charge in [0, 0.05) is 30.1 Å². The van der Waals surface area contributed by atoms with Gasteiger partial charge >= 0.3 is 0 Å². The van der Waals surface area contributed by atoms with Crippen LogP contribution in [0.1, 0.15) is 69.0 Å². The predicted molar refractivity (Wildman–Crippen MR) is 161 cm³/mol. The summed E-state index contributed by atoms with van der Waals surface area (Å²) >= 11 is 1.47. The van der Waals surface area contributed by atoms with E-state index in [-0.39, 0.29) is 17.6 Å². The van der Waals surface area contributed by atoms with Crippen molar-refractivity contribution in [3.05, 3.63) is 87.0 Å². The average molecular weight is 564 g/mol. The molecule has 0 radical (unpaired) electrons. The van der Waals surface area contributed by atoms with Crippen molar-refractivity contribution >= 4 is 34.4 Å². The maximum Gasteiger partial charge on any atom is 0.274 e. The maximum absolute atomic E-state index is 13.3. The molecule has 2 aromatic carbocycles. The Kier molecular flexibility index (Phi) is 10.6. The van der Waals surface area contributed by atoms with Crippen LogP contribution in [0.25, 0.3) is 0 Å². The fourth-order valence-corrected chi connectivity index (χ4v) is 6.18. The number of anilines is 1. The summed E-state index contributed by atoms with van der Waals surface area (Å²) in [5.74, 6) is -0.939. The summed E-state index contributed by atoms with van der Waals surface area (Å²) < 4.78 is 13.2. The summed E-state index contributed by atoms with van der Waals surface area (Å²) in [6.07, 6.45) is 5.22. The van der Waals surface area contributed by atoms with Gasteiger partial charge in [-0.1, -0.05) is 38.1 Å². The quantitative estimate of drug-likeness (QED) is 0.224. The molecule has 40 heavy (non-hydrogen) atoms. The summed E-state index contributed by atoms with van der Waals surface area (Å²) in [6, 6.07) is 13.5. The number of thiophene rings is 1. The van der Waals surface area contributed by atoms with E-state index in [0.717, 1.165) is 74.4 Å². The second kappa shape index (κ2) is 14.3. The molecule has 7 nitrogen and oxygen atoms in total. The van der Waals surface area contributed by atoms with Gasteiger partial charge in [0.15, 0.2) is 0 Å². The lowest BCUT2D eigenvalue weighted by Gasteiger charge is -2.23. The summed E-state index contributed by atoms with van der Waals surface area (Å²) in [6.45, 7) is 9.11. The van der Waals surface area contributed by atoms with Crippen LogP contribution in [0.5, 0.6) is 0 Å². The van der Waals surface area contributed by atoms with E-state index < -0.39 is 0 Å². The van der Waals surface area contributed by atoms with E-state index in [9.17, 15) is 14.0 Å². The number of hydrogen-bond acceptors (Lipinski definition) is 6. The monoisotopic (exact) mass is 563 g/mol. The molecule has 212 valence electrons. The molecule has 0 saturated heterocycles. The molecule has 0 saturated carbocycles. The van der Waals surface area contributed by atoms with Gasteiger partial charge in [-0.25, -0.2) is 9.82 Å². The van der Waals surface area contributed by atoms with Gasteiger partial charge in [-0.2, -0.15) is 5.10 Å². The number of fused-ring (bicyclic) bond motifs is 1. The number of rotatable bonds is 12. The molecule has 2 N–H and O–H groups in total. The van der Waals surface area contributed by atoms with Gasteiger partial charge in [-0.15, -0.1) is 11.3 Å². The van der Waals surface area contributed by atoms with Gasteiger partial charge in [0.05, 0.1) is 11.8 Å². The fourth-order valence-electron chi connectivity index (χ4n) is 4.89. The lowest BCUT2D eigenvalue weighted by molar-refractivity contribution is 0.0955. The number of amides is 2. The summed E-state index contributed by atoms with van der Waals surface area (Å²) in [5, 5.41) is 7.64. The Morgan fingerprint density at radius 3 is 2.52 bits per heavy atom. The number of carbonyl (C=O) groups excluding carboxylic acids is 2. The molecule has 9 heteroatoms. The smallest absolute Gasteiger partial charge is 0.274 e. The average Bonchev–Trinajstić information content (AvgIpc) is 3.32. The zero-order chi connectivity index (χ0) is 28.5. The first-order chi connectivity index (χ1) is 19.4. The van der Waals surface area contributed by atoms with E-state index >= 15 is 0 Å². The minimum Gasteiger partial charge on any atom is -0.313 e. The number of carbonyl (C=O) groups is 2. The Morgan fingerprint density at radius 2 is 1.77 bits per heavy atom. The Morgan fingerprint density at radius 1 is 1.02 bits per heavy atom. The number of hydrazone groups is 1. The first-order valence-corrected chi connectivity index (χ1v) is 14.7. The van der Waals surface area contributed by atoms with Crippen molar-refractivity contribution in [2.24, 2.45) is 5.10 Å². The predicted octanol–water partition coefficient (Wildman–Crippen LogP) is 5.56. The third-order valence-corrected chi connectivity index (χ3v) is 8.42. The summed E-state index contributed by atoms with van der Waals surface area (Å²) in [5.41, 5.74) is 6.36. The molecule has 1 aromatic heterocycles. The van der Waals surface area contributed by atoms with Crippen LogP contribution in [0.4, 0.5) is 9.39 Å². The first kappa shape index (κ1) is 29.6. The van der Waals surface area contributed by atoms with Crippen molar-refractivity contribution in [1.29, 1.82) is 0 Å². The zero-order valence-electron chi connectivity index (χ0n) is 23.5. The highest BCUT2D eigenvalue weighted by Gasteiger charge is 2.26. The Balaban J connectivity index is 1.46. The number of hydrogen-bond donors (Lipinski definition) is 2. The number of likely N-dealkylation sites (N-methyl/N-ethyl adjacent to an activating group) is 2. The Bertz CT molecular complexity index is 1330. The van der Waals surface area contributed by atoms with E-state index in [1.807, 2.05) is 18.2 Å². The van der Waals surface area contributed by atoms with Crippen LogP contribution in [0, 0.1) is 5.82 Å². The molecule has 0 spiro atoms.